The molecule has 0 aliphatic heterocycles. The minimum absolute atomic E-state index is 0.345. The van der Waals surface area contributed by atoms with E-state index in [0.717, 1.165) is 0 Å². The van der Waals surface area contributed by atoms with Gasteiger partial charge in [0.05, 0.1) is 11.8 Å². The zero-order valence-electron chi connectivity index (χ0n) is 8.79. The third-order valence-electron chi connectivity index (χ3n) is 2.58. The molecule has 17 heavy (non-hydrogen) atoms. The minimum atomic E-state index is -4.53. The summed E-state index contributed by atoms with van der Waals surface area (Å²) in [5.41, 5.74) is 1.64. The molecular weight excluding hydrogens is 243 g/mol. The van der Waals surface area contributed by atoms with Crippen LogP contribution >= 0.6 is 0 Å². The van der Waals surface area contributed by atoms with Crippen molar-refractivity contribution in [3.63, 3.8) is 0 Å². The average molecular weight is 255 g/mol. The maximum absolute atomic E-state index is 11.7. The molecule has 0 aromatic heterocycles. The van der Waals surface area contributed by atoms with Crippen LogP contribution in [0.15, 0.2) is 0 Å². The highest BCUT2D eigenvalue weighted by atomic mass is 19.4. The maximum Gasteiger partial charge on any atom is 0.414 e. The van der Waals surface area contributed by atoms with Crippen LogP contribution in [0.2, 0.25) is 0 Å². The third-order valence-corrected chi connectivity index (χ3v) is 2.58. The van der Waals surface area contributed by atoms with E-state index in [0.29, 0.717) is 19.3 Å². The highest BCUT2D eigenvalue weighted by Crippen LogP contribution is 2.32. The van der Waals surface area contributed by atoms with Gasteiger partial charge in [-0.15, -0.1) is 0 Å². The number of carbonyl (C=O) groups is 2. The molecule has 1 saturated carbocycles. The second-order valence-electron chi connectivity index (χ2n) is 3.85. The number of alkyl halides is 3. The molecule has 1 fully saturated rings. The number of halogens is 3. The number of hydrogen-bond donors (Lipinski definition) is 2. The standard InChI is InChI=1S/C9H12F3NO4/c10-9(11,12)4-17-13-7(14)5-2-1-3-6(5)8(15)16/h5-6H,1-4H2,(H,13,14)(H,15,16)/t5-,6+/m1/s1. The number of rotatable bonds is 4. The molecule has 0 bridgehead atoms. The molecular formula is C9H12F3NO4. The summed E-state index contributed by atoms with van der Waals surface area (Å²) in [4.78, 5) is 26.1. The molecule has 0 aromatic carbocycles. The van der Waals surface area contributed by atoms with E-state index in [9.17, 15) is 22.8 Å². The Bertz CT molecular complexity index is 305. The Morgan fingerprint density at radius 2 is 1.88 bits per heavy atom. The Morgan fingerprint density at radius 3 is 2.41 bits per heavy atom. The molecule has 0 aromatic rings. The van der Waals surface area contributed by atoms with Gasteiger partial charge in [-0.25, -0.2) is 5.48 Å². The summed E-state index contributed by atoms with van der Waals surface area (Å²) in [6.07, 6.45) is -3.27. The van der Waals surface area contributed by atoms with Gasteiger partial charge in [0.15, 0.2) is 6.61 Å². The highest BCUT2D eigenvalue weighted by molar-refractivity contribution is 5.84. The Balaban J connectivity index is 2.40. The predicted molar refractivity (Wildman–Crippen MR) is 48.6 cm³/mol. The molecule has 8 heteroatoms. The van der Waals surface area contributed by atoms with Crippen molar-refractivity contribution >= 4 is 11.9 Å². The van der Waals surface area contributed by atoms with Gasteiger partial charge in [0.2, 0.25) is 5.91 Å². The van der Waals surface area contributed by atoms with Crippen LogP contribution in [0.4, 0.5) is 13.2 Å². The Labute approximate surface area is 94.9 Å². The summed E-state index contributed by atoms with van der Waals surface area (Å²) in [5.74, 6) is -3.58. The molecule has 5 nitrogen and oxygen atoms in total. The lowest BCUT2D eigenvalue weighted by atomic mass is 9.96. The number of hydrogen-bond acceptors (Lipinski definition) is 3. The van der Waals surface area contributed by atoms with E-state index in [1.807, 2.05) is 0 Å². The van der Waals surface area contributed by atoms with Crippen LogP contribution in [0.5, 0.6) is 0 Å². The van der Waals surface area contributed by atoms with Crippen molar-refractivity contribution in [2.45, 2.75) is 25.4 Å². The monoisotopic (exact) mass is 255 g/mol. The van der Waals surface area contributed by atoms with Crippen LogP contribution in [-0.2, 0) is 14.4 Å². The van der Waals surface area contributed by atoms with Crippen LogP contribution in [0.25, 0.3) is 0 Å². The molecule has 1 aliphatic rings. The summed E-state index contributed by atoms with van der Waals surface area (Å²) < 4.78 is 35.2. The number of hydroxylamine groups is 1. The van der Waals surface area contributed by atoms with Crippen molar-refractivity contribution in [1.82, 2.24) is 5.48 Å². The van der Waals surface area contributed by atoms with Gasteiger partial charge < -0.3 is 5.11 Å². The van der Waals surface area contributed by atoms with Gasteiger partial charge in [-0.1, -0.05) is 6.42 Å². The van der Waals surface area contributed by atoms with Crippen LogP contribution in [0, 0.1) is 11.8 Å². The van der Waals surface area contributed by atoms with Crippen LogP contribution < -0.4 is 5.48 Å². The molecule has 1 rings (SSSR count). The van der Waals surface area contributed by atoms with Crippen molar-refractivity contribution < 1.29 is 32.7 Å². The van der Waals surface area contributed by atoms with Crippen LogP contribution in [0.3, 0.4) is 0 Å². The van der Waals surface area contributed by atoms with Crippen LogP contribution in [-0.4, -0.2) is 29.8 Å². The Hall–Kier alpha value is -1.31. The van der Waals surface area contributed by atoms with Crippen molar-refractivity contribution in [2.75, 3.05) is 6.61 Å². The number of amides is 1. The Kier molecular flexibility index (Phi) is 4.33. The first-order valence-electron chi connectivity index (χ1n) is 5.02. The molecule has 98 valence electrons. The number of aliphatic carboxylic acids is 1. The molecule has 0 radical (unpaired) electrons. The molecule has 2 atom stereocenters. The van der Waals surface area contributed by atoms with E-state index in [1.165, 1.54) is 0 Å². The van der Waals surface area contributed by atoms with E-state index in [4.69, 9.17) is 5.11 Å². The molecule has 1 aliphatic carbocycles. The van der Waals surface area contributed by atoms with Crippen molar-refractivity contribution in [3.05, 3.63) is 0 Å². The average Bonchev–Trinajstić information content (AvgIpc) is 2.63. The fourth-order valence-electron chi connectivity index (χ4n) is 1.83. The van der Waals surface area contributed by atoms with Crippen molar-refractivity contribution in [2.24, 2.45) is 11.8 Å². The molecule has 0 unspecified atom stereocenters. The highest BCUT2D eigenvalue weighted by Gasteiger charge is 2.38. The molecule has 1 amide bonds. The normalized spacial score (nSPS) is 24.6. The number of carboxylic acids is 1. The van der Waals surface area contributed by atoms with Gasteiger partial charge in [0.25, 0.3) is 0 Å². The van der Waals surface area contributed by atoms with Gasteiger partial charge in [-0.3, -0.25) is 14.4 Å². The molecule has 2 N–H and O–H groups in total. The topological polar surface area (TPSA) is 75.6 Å². The second-order valence-corrected chi connectivity index (χ2v) is 3.85. The zero-order chi connectivity index (χ0) is 13.1. The first kappa shape index (κ1) is 13.8. The summed E-state index contributed by atoms with van der Waals surface area (Å²) >= 11 is 0. The van der Waals surface area contributed by atoms with Gasteiger partial charge >= 0.3 is 12.1 Å². The predicted octanol–water partition coefficient (Wildman–Crippen LogP) is 1.10. The molecule has 0 spiro atoms. The first-order valence-corrected chi connectivity index (χ1v) is 5.02. The van der Waals surface area contributed by atoms with Gasteiger partial charge in [-0.2, -0.15) is 13.2 Å². The third kappa shape index (κ3) is 4.22. The SMILES string of the molecule is O=C(O)[C@H]1CCC[C@H]1C(=O)NOCC(F)(F)F. The van der Waals surface area contributed by atoms with E-state index in [2.05, 4.69) is 4.84 Å². The van der Waals surface area contributed by atoms with E-state index in [1.54, 1.807) is 5.48 Å². The lowest BCUT2D eigenvalue weighted by Gasteiger charge is -2.15. The quantitative estimate of drug-likeness (QED) is 0.737. The first-order chi connectivity index (χ1) is 7.81. The minimum Gasteiger partial charge on any atom is -0.481 e. The largest absolute Gasteiger partial charge is 0.481 e. The molecule has 0 heterocycles. The summed E-state index contributed by atoms with van der Waals surface area (Å²) in [6.45, 7) is -1.59. The van der Waals surface area contributed by atoms with E-state index < -0.39 is 36.5 Å². The zero-order valence-corrected chi connectivity index (χ0v) is 8.79. The second kappa shape index (κ2) is 5.35. The fraction of sp³-hybridized carbons (Fsp3) is 0.778. The maximum atomic E-state index is 11.7. The lowest BCUT2D eigenvalue weighted by Crippen LogP contribution is -2.37. The lowest BCUT2D eigenvalue weighted by molar-refractivity contribution is -0.193. The van der Waals surface area contributed by atoms with Gasteiger partial charge in [0.1, 0.15) is 0 Å². The van der Waals surface area contributed by atoms with Gasteiger partial charge in [-0.05, 0) is 12.8 Å². The fourth-order valence-corrected chi connectivity index (χ4v) is 1.83. The summed E-state index contributed by atoms with van der Waals surface area (Å²) in [7, 11) is 0. The number of carboxylic acid groups (broad SMARTS) is 1. The van der Waals surface area contributed by atoms with Gasteiger partial charge in [0, 0.05) is 0 Å². The molecule has 0 saturated heterocycles. The van der Waals surface area contributed by atoms with E-state index >= 15 is 0 Å². The summed E-state index contributed by atoms with van der Waals surface area (Å²) in [5, 5.41) is 8.79. The number of nitrogens with one attached hydrogen (secondary N) is 1. The van der Waals surface area contributed by atoms with Crippen LogP contribution in [0.1, 0.15) is 19.3 Å². The van der Waals surface area contributed by atoms with Crippen molar-refractivity contribution in [3.8, 4) is 0 Å². The Morgan fingerprint density at radius 1 is 1.29 bits per heavy atom. The number of carbonyl (C=O) groups excluding carboxylic acids is 1. The van der Waals surface area contributed by atoms with Crippen molar-refractivity contribution in [1.29, 1.82) is 0 Å². The van der Waals surface area contributed by atoms with E-state index in [-0.39, 0.29) is 0 Å². The smallest absolute Gasteiger partial charge is 0.414 e. The summed E-state index contributed by atoms with van der Waals surface area (Å²) in [6, 6.07) is 0.